The molecule has 0 radical (unpaired) electrons. The van der Waals surface area contributed by atoms with Crippen molar-refractivity contribution >= 4 is 27.3 Å². The van der Waals surface area contributed by atoms with E-state index >= 15 is 0 Å². The SMILES string of the molecule is COc1ccccc1N1CCCC1C(=O)Nc1cccc(S(N)(=O)=O)c1. The molecular formula is C18H21N3O4S. The third-order valence-electron chi connectivity index (χ3n) is 4.38. The highest BCUT2D eigenvalue weighted by molar-refractivity contribution is 7.89. The third kappa shape index (κ3) is 3.81. The van der Waals surface area contributed by atoms with Gasteiger partial charge in [-0.25, -0.2) is 13.6 Å². The number of amides is 1. The summed E-state index contributed by atoms with van der Waals surface area (Å²) in [5.74, 6) is 0.517. The minimum Gasteiger partial charge on any atom is -0.495 e. The summed E-state index contributed by atoms with van der Waals surface area (Å²) in [6, 6.07) is 13.1. The highest BCUT2D eigenvalue weighted by Gasteiger charge is 2.32. The minimum atomic E-state index is -3.82. The van der Waals surface area contributed by atoms with Gasteiger partial charge in [0.15, 0.2) is 0 Å². The lowest BCUT2D eigenvalue weighted by Crippen LogP contribution is -2.39. The number of nitrogens with two attached hydrogens (primary N) is 1. The minimum absolute atomic E-state index is 0.0386. The topological polar surface area (TPSA) is 102 Å². The summed E-state index contributed by atoms with van der Waals surface area (Å²) < 4.78 is 28.4. The normalized spacial score (nSPS) is 17.2. The van der Waals surface area contributed by atoms with Gasteiger partial charge in [-0.2, -0.15) is 0 Å². The van der Waals surface area contributed by atoms with Crippen LogP contribution in [-0.2, 0) is 14.8 Å². The molecule has 1 aliphatic heterocycles. The van der Waals surface area contributed by atoms with Crippen molar-refractivity contribution in [1.29, 1.82) is 0 Å². The Hall–Kier alpha value is -2.58. The maximum atomic E-state index is 12.8. The molecule has 0 aliphatic carbocycles. The summed E-state index contributed by atoms with van der Waals surface area (Å²) in [7, 11) is -2.22. The van der Waals surface area contributed by atoms with Crippen LogP contribution < -0.4 is 20.1 Å². The summed E-state index contributed by atoms with van der Waals surface area (Å²) >= 11 is 0. The van der Waals surface area contributed by atoms with Crippen LogP contribution in [0, 0.1) is 0 Å². The first-order valence-corrected chi connectivity index (χ1v) is 9.78. The van der Waals surface area contributed by atoms with Gasteiger partial charge in [-0.05, 0) is 43.2 Å². The number of anilines is 2. The highest BCUT2D eigenvalue weighted by Crippen LogP contribution is 2.33. The molecule has 1 saturated heterocycles. The van der Waals surface area contributed by atoms with Crippen molar-refractivity contribution in [3.63, 3.8) is 0 Å². The molecule has 1 unspecified atom stereocenters. The second-order valence-corrected chi connectivity index (χ2v) is 7.65. The van der Waals surface area contributed by atoms with E-state index in [4.69, 9.17) is 9.88 Å². The fourth-order valence-corrected chi connectivity index (χ4v) is 3.73. The second kappa shape index (κ2) is 7.35. The van der Waals surface area contributed by atoms with E-state index < -0.39 is 10.0 Å². The number of benzene rings is 2. The number of rotatable bonds is 5. The van der Waals surface area contributed by atoms with E-state index in [2.05, 4.69) is 5.32 Å². The molecule has 1 fully saturated rings. The molecule has 0 bridgehead atoms. The molecule has 26 heavy (non-hydrogen) atoms. The Morgan fingerprint density at radius 1 is 1.23 bits per heavy atom. The van der Waals surface area contributed by atoms with Crippen molar-refractivity contribution in [3.05, 3.63) is 48.5 Å². The lowest BCUT2D eigenvalue weighted by molar-refractivity contribution is -0.117. The lowest BCUT2D eigenvalue weighted by Gasteiger charge is -2.27. The van der Waals surface area contributed by atoms with Crippen molar-refractivity contribution < 1.29 is 17.9 Å². The molecule has 0 saturated carbocycles. The molecule has 1 atom stereocenters. The largest absolute Gasteiger partial charge is 0.495 e. The Morgan fingerprint density at radius 2 is 2.00 bits per heavy atom. The van der Waals surface area contributed by atoms with Crippen LogP contribution in [0.3, 0.4) is 0 Å². The molecule has 138 valence electrons. The zero-order valence-corrected chi connectivity index (χ0v) is 15.2. The molecule has 0 spiro atoms. The van der Waals surface area contributed by atoms with E-state index in [9.17, 15) is 13.2 Å². The molecule has 1 heterocycles. The van der Waals surface area contributed by atoms with E-state index in [1.807, 2.05) is 29.2 Å². The van der Waals surface area contributed by atoms with Crippen molar-refractivity contribution in [2.45, 2.75) is 23.8 Å². The quantitative estimate of drug-likeness (QED) is 0.832. The Bertz CT molecular complexity index is 914. The molecule has 8 heteroatoms. The van der Waals surface area contributed by atoms with Gasteiger partial charge >= 0.3 is 0 Å². The first-order valence-electron chi connectivity index (χ1n) is 8.23. The molecule has 2 aromatic carbocycles. The second-order valence-electron chi connectivity index (χ2n) is 6.09. The number of primary sulfonamides is 1. The summed E-state index contributed by atoms with van der Waals surface area (Å²) in [4.78, 5) is 14.8. The lowest BCUT2D eigenvalue weighted by atomic mass is 10.1. The van der Waals surface area contributed by atoms with Crippen LogP contribution in [0.4, 0.5) is 11.4 Å². The van der Waals surface area contributed by atoms with Crippen LogP contribution in [0.15, 0.2) is 53.4 Å². The average molecular weight is 375 g/mol. The van der Waals surface area contributed by atoms with Gasteiger partial charge in [-0.3, -0.25) is 4.79 Å². The van der Waals surface area contributed by atoms with Crippen LogP contribution >= 0.6 is 0 Å². The van der Waals surface area contributed by atoms with E-state index in [0.717, 1.165) is 18.7 Å². The van der Waals surface area contributed by atoms with E-state index in [0.29, 0.717) is 17.9 Å². The number of para-hydroxylation sites is 2. The van der Waals surface area contributed by atoms with Gasteiger partial charge in [0, 0.05) is 12.2 Å². The molecule has 1 aliphatic rings. The predicted molar refractivity (Wildman–Crippen MR) is 99.8 cm³/mol. The monoisotopic (exact) mass is 375 g/mol. The zero-order chi connectivity index (χ0) is 18.7. The number of hydrogen-bond acceptors (Lipinski definition) is 5. The predicted octanol–water partition coefficient (Wildman–Crippen LogP) is 1.95. The van der Waals surface area contributed by atoms with Crippen LogP contribution in [0.5, 0.6) is 5.75 Å². The first-order chi connectivity index (χ1) is 12.4. The van der Waals surface area contributed by atoms with Gasteiger partial charge in [0.2, 0.25) is 15.9 Å². The van der Waals surface area contributed by atoms with Gasteiger partial charge in [-0.15, -0.1) is 0 Å². The Morgan fingerprint density at radius 3 is 2.73 bits per heavy atom. The number of hydrogen-bond donors (Lipinski definition) is 2. The van der Waals surface area contributed by atoms with Crippen molar-refractivity contribution in [2.24, 2.45) is 5.14 Å². The van der Waals surface area contributed by atoms with Crippen molar-refractivity contribution in [2.75, 3.05) is 23.9 Å². The molecule has 1 amide bonds. The van der Waals surface area contributed by atoms with Crippen LogP contribution in [0.1, 0.15) is 12.8 Å². The van der Waals surface area contributed by atoms with E-state index in [1.165, 1.54) is 12.1 Å². The summed E-state index contributed by atoms with van der Waals surface area (Å²) in [6.45, 7) is 0.746. The maximum absolute atomic E-state index is 12.8. The number of carbonyl (C=O) groups is 1. The number of carbonyl (C=O) groups excluding carboxylic acids is 1. The first kappa shape index (κ1) is 18.2. The van der Waals surface area contributed by atoms with Crippen molar-refractivity contribution in [3.8, 4) is 5.75 Å². The standard InChI is InChI=1S/C18H21N3O4S/c1-25-17-10-3-2-8-15(17)21-11-5-9-16(21)18(22)20-13-6-4-7-14(12-13)26(19,23)24/h2-4,6-8,10,12,16H,5,9,11H2,1H3,(H,20,22)(H2,19,23,24). The van der Waals surface area contributed by atoms with E-state index in [-0.39, 0.29) is 16.8 Å². The number of nitrogens with zero attached hydrogens (tertiary/aromatic N) is 1. The fourth-order valence-electron chi connectivity index (χ4n) is 3.17. The van der Waals surface area contributed by atoms with Crippen LogP contribution in [0.2, 0.25) is 0 Å². The molecule has 7 nitrogen and oxygen atoms in total. The number of sulfonamides is 1. The molecule has 2 aromatic rings. The Labute approximate surface area is 152 Å². The highest BCUT2D eigenvalue weighted by atomic mass is 32.2. The van der Waals surface area contributed by atoms with Crippen LogP contribution in [-0.4, -0.2) is 34.0 Å². The van der Waals surface area contributed by atoms with Gasteiger partial charge in [0.25, 0.3) is 0 Å². The Balaban J connectivity index is 1.81. The van der Waals surface area contributed by atoms with Crippen molar-refractivity contribution in [1.82, 2.24) is 0 Å². The van der Waals surface area contributed by atoms with Gasteiger partial charge < -0.3 is 15.0 Å². The smallest absolute Gasteiger partial charge is 0.247 e. The summed E-state index contributed by atoms with van der Waals surface area (Å²) in [5.41, 5.74) is 1.26. The molecule has 3 rings (SSSR count). The van der Waals surface area contributed by atoms with Gasteiger partial charge in [-0.1, -0.05) is 18.2 Å². The molecule has 3 N–H and O–H groups in total. The summed E-state index contributed by atoms with van der Waals surface area (Å²) in [6.07, 6.45) is 1.59. The molecule has 0 aromatic heterocycles. The maximum Gasteiger partial charge on any atom is 0.247 e. The Kier molecular flexibility index (Phi) is 5.15. The van der Waals surface area contributed by atoms with E-state index in [1.54, 1.807) is 19.2 Å². The fraction of sp³-hybridized carbons (Fsp3) is 0.278. The number of ether oxygens (including phenoxy) is 1. The molecular weight excluding hydrogens is 354 g/mol. The van der Waals surface area contributed by atoms with Gasteiger partial charge in [0.1, 0.15) is 11.8 Å². The van der Waals surface area contributed by atoms with Gasteiger partial charge in [0.05, 0.1) is 17.7 Å². The summed E-state index contributed by atoms with van der Waals surface area (Å²) in [5, 5.41) is 7.94. The number of methoxy groups -OCH3 is 1. The zero-order valence-electron chi connectivity index (χ0n) is 14.4. The number of nitrogens with one attached hydrogen (secondary N) is 1. The third-order valence-corrected chi connectivity index (χ3v) is 5.29. The van der Waals surface area contributed by atoms with Crippen LogP contribution in [0.25, 0.3) is 0 Å². The average Bonchev–Trinajstić information content (AvgIpc) is 3.11.